The fourth-order valence-electron chi connectivity index (χ4n) is 2.85. The number of carbonyl (C=O) groups is 1. The summed E-state index contributed by atoms with van der Waals surface area (Å²) in [7, 11) is 3.71. The van der Waals surface area contributed by atoms with Crippen LogP contribution in [0.3, 0.4) is 0 Å². The maximum absolute atomic E-state index is 13.5. The van der Waals surface area contributed by atoms with Crippen LogP contribution in [0.4, 0.5) is 15.8 Å². The van der Waals surface area contributed by atoms with Crippen LogP contribution in [0.1, 0.15) is 23.0 Å². The second-order valence-electron chi connectivity index (χ2n) is 5.53. The van der Waals surface area contributed by atoms with E-state index in [0.29, 0.717) is 25.1 Å². The summed E-state index contributed by atoms with van der Waals surface area (Å²) in [6, 6.07) is 4.53. The van der Waals surface area contributed by atoms with Gasteiger partial charge < -0.3 is 9.80 Å². The van der Waals surface area contributed by atoms with Crippen LogP contribution in [-0.4, -0.2) is 35.8 Å². The number of anilines is 2. The molecule has 1 aliphatic heterocycles. The van der Waals surface area contributed by atoms with Gasteiger partial charge in [-0.15, -0.1) is 0 Å². The molecule has 116 valence electrons. The molecule has 1 aromatic carbocycles. The van der Waals surface area contributed by atoms with Crippen LogP contribution in [0.5, 0.6) is 0 Å². The van der Waals surface area contributed by atoms with Crippen molar-refractivity contribution in [3.05, 3.63) is 41.5 Å². The molecule has 2 heterocycles. The molecule has 0 atom stereocenters. The lowest BCUT2D eigenvalue weighted by atomic mass is 10.1. The highest BCUT2D eigenvalue weighted by Gasteiger charge is 2.28. The van der Waals surface area contributed by atoms with Crippen LogP contribution in [0.25, 0.3) is 0 Å². The SMILES string of the molecule is CCc1nn(C)cc1C(=O)N1CCN(C)c2cc(F)ccc21. The van der Waals surface area contributed by atoms with Crippen molar-refractivity contribution < 1.29 is 9.18 Å². The fraction of sp³-hybridized carbons (Fsp3) is 0.375. The van der Waals surface area contributed by atoms with E-state index in [0.717, 1.165) is 17.1 Å². The minimum Gasteiger partial charge on any atom is -0.371 e. The van der Waals surface area contributed by atoms with Crippen LogP contribution in [0, 0.1) is 5.82 Å². The molecule has 0 bridgehead atoms. The average Bonchev–Trinajstić information content (AvgIpc) is 2.88. The maximum atomic E-state index is 13.5. The van der Waals surface area contributed by atoms with Gasteiger partial charge in [0.2, 0.25) is 0 Å². The summed E-state index contributed by atoms with van der Waals surface area (Å²) in [4.78, 5) is 16.6. The van der Waals surface area contributed by atoms with Crippen LogP contribution in [0.15, 0.2) is 24.4 Å². The van der Waals surface area contributed by atoms with Crippen molar-refractivity contribution in [2.24, 2.45) is 7.05 Å². The zero-order valence-corrected chi connectivity index (χ0v) is 13.0. The lowest BCUT2D eigenvalue weighted by Gasteiger charge is -2.35. The summed E-state index contributed by atoms with van der Waals surface area (Å²) < 4.78 is 15.2. The third-order valence-electron chi connectivity index (χ3n) is 4.01. The van der Waals surface area contributed by atoms with Crippen LogP contribution in [0.2, 0.25) is 0 Å². The zero-order chi connectivity index (χ0) is 15.9. The molecule has 1 aliphatic rings. The lowest BCUT2D eigenvalue weighted by Crippen LogP contribution is -2.43. The Labute approximate surface area is 128 Å². The van der Waals surface area contributed by atoms with Gasteiger partial charge in [0.15, 0.2) is 0 Å². The van der Waals surface area contributed by atoms with Crippen LogP contribution in [-0.2, 0) is 13.5 Å². The number of benzene rings is 1. The molecule has 3 rings (SSSR count). The predicted molar refractivity (Wildman–Crippen MR) is 83.9 cm³/mol. The molecule has 0 saturated carbocycles. The molecular weight excluding hydrogens is 283 g/mol. The Balaban J connectivity index is 2.02. The van der Waals surface area contributed by atoms with Crippen LogP contribution < -0.4 is 9.80 Å². The van der Waals surface area contributed by atoms with Crippen molar-refractivity contribution in [2.75, 3.05) is 29.9 Å². The molecular formula is C16H19FN4O. The molecule has 6 heteroatoms. The van der Waals surface area contributed by atoms with Gasteiger partial charge in [-0.1, -0.05) is 6.92 Å². The molecule has 2 aromatic rings. The molecule has 0 aliphatic carbocycles. The van der Waals surface area contributed by atoms with E-state index >= 15 is 0 Å². The summed E-state index contributed by atoms with van der Waals surface area (Å²) in [6.07, 6.45) is 2.45. The molecule has 22 heavy (non-hydrogen) atoms. The Morgan fingerprint density at radius 3 is 2.77 bits per heavy atom. The third kappa shape index (κ3) is 2.34. The minimum atomic E-state index is -0.296. The third-order valence-corrected chi connectivity index (χ3v) is 4.01. The number of fused-ring (bicyclic) bond motifs is 1. The summed E-state index contributed by atoms with van der Waals surface area (Å²) >= 11 is 0. The topological polar surface area (TPSA) is 41.4 Å². The van der Waals surface area contributed by atoms with Gasteiger partial charge in [-0.05, 0) is 24.6 Å². The second kappa shape index (κ2) is 5.44. The van der Waals surface area contributed by atoms with Gasteiger partial charge >= 0.3 is 0 Å². The van der Waals surface area contributed by atoms with Gasteiger partial charge in [0.05, 0.1) is 22.6 Å². The number of hydrogen-bond acceptors (Lipinski definition) is 3. The number of likely N-dealkylation sites (N-methyl/N-ethyl adjacent to an activating group) is 1. The first kappa shape index (κ1) is 14.6. The molecule has 5 nitrogen and oxygen atoms in total. The van der Waals surface area contributed by atoms with Gasteiger partial charge in [-0.25, -0.2) is 4.39 Å². The van der Waals surface area contributed by atoms with Gasteiger partial charge in [0.25, 0.3) is 5.91 Å². The average molecular weight is 302 g/mol. The molecule has 1 aromatic heterocycles. The lowest BCUT2D eigenvalue weighted by molar-refractivity contribution is 0.0986. The normalized spacial score (nSPS) is 14.2. The minimum absolute atomic E-state index is 0.0779. The highest BCUT2D eigenvalue weighted by molar-refractivity contribution is 6.08. The summed E-state index contributed by atoms with van der Waals surface area (Å²) in [6.45, 7) is 3.22. The van der Waals surface area contributed by atoms with Crippen molar-refractivity contribution in [3.8, 4) is 0 Å². The van der Waals surface area contributed by atoms with Gasteiger partial charge in [0.1, 0.15) is 5.82 Å². The van der Waals surface area contributed by atoms with E-state index in [-0.39, 0.29) is 11.7 Å². The quantitative estimate of drug-likeness (QED) is 0.854. The van der Waals surface area contributed by atoms with E-state index in [1.807, 2.05) is 25.9 Å². The molecule has 0 spiro atoms. The molecule has 0 N–H and O–H groups in total. The highest BCUT2D eigenvalue weighted by atomic mass is 19.1. The first-order valence-corrected chi connectivity index (χ1v) is 7.36. The number of carbonyl (C=O) groups excluding carboxylic acids is 1. The van der Waals surface area contributed by atoms with Crippen molar-refractivity contribution in [1.29, 1.82) is 0 Å². The van der Waals surface area contributed by atoms with Crippen LogP contribution >= 0.6 is 0 Å². The Kier molecular flexibility index (Phi) is 3.60. The van der Waals surface area contributed by atoms with Gasteiger partial charge in [0, 0.05) is 33.4 Å². The monoisotopic (exact) mass is 302 g/mol. The Morgan fingerprint density at radius 1 is 1.27 bits per heavy atom. The largest absolute Gasteiger partial charge is 0.371 e. The van der Waals surface area contributed by atoms with E-state index < -0.39 is 0 Å². The molecule has 0 fully saturated rings. The van der Waals surface area contributed by atoms with Gasteiger partial charge in [-0.3, -0.25) is 9.48 Å². The van der Waals surface area contributed by atoms with E-state index in [2.05, 4.69) is 5.10 Å². The summed E-state index contributed by atoms with van der Waals surface area (Å²) in [5, 5.41) is 4.33. The molecule has 0 unspecified atom stereocenters. The second-order valence-corrected chi connectivity index (χ2v) is 5.53. The van der Waals surface area contributed by atoms with E-state index in [9.17, 15) is 9.18 Å². The first-order chi connectivity index (χ1) is 10.5. The Hall–Kier alpha value is -2.37. The zero-order valence-electron chi connectivity index (χ0n) is 13.0. The summed E-state index contributed by atoms with van der Waals surface area (Å²) in [5.74, 6) is -0.374. The number of nitrogens with zero attached hydrogens (tertiary/aromatic N) is 4. The van der Waals surface area contributed by atoms with E-state index in [1.54, 1.807) is 21.8 Å². The number of aryl methyl sites for hydroxylation is 2. The molecule has 0 saturated heterocycles. The predicted octanol–water partition coefficient (Wildman–Crippen LogP) is 2.22. The number of rotatable bonds is 2. The summed E-state index contributed by atoms with van der Waals surface area (Å²) in [5.41, 5.74) is 2.88. The Morgan fingerprint density at radius 2 is 2.05 bits per heavy atom. The first-order valence-electron chi connectivity index (χ1n) is 7.36. The standard InChI is InChI=1S/C16H19FN4O/c1-4-13-12(10-20(3)18-13)16(22)21-8-7-19(2)15-9-11(17)5-6-14(15)21/h5-6,9-10H,4,7-8H2,1-3H3. The number of hydrogen-bond donors (Lipinski definition) is 0. The smallest absolute Gasteiger partial charge is 0.261 e. The maximum Gasteiger partial charge on any atom is 0.261 e. The molecule has 0 radical (unpaired) electrons. The van der Waals surface area contributed by atoms with Crippen molar-refractivity contribution in [1.82, 2.24) is 9.78 Å². The number of halogens is 1. The number of aromatic nitrogens is 2. The fourth-order valence-corrected chi connectivity index (χ4v) is 2.85. The van der Waals surface area contributed by atoms with E-state index in [1.165, 1.54) is 12.1 Å². The Bertz CT molecular complexity index is 725. The van der Waals surface area contributed by atoms with Crippen molar-refractivity contribution in [3.63, 3.8) is 0 Å². The van der Waals surface area contributed by atoms with Gasteiger partial charge in [-0.2, -0.15) is 5.10 Å². The van der Waals surface area contributed by atoms with E-state index in [4.69, 9.17) is 0 Å². The highest BCUT2D eigenvalue weighted by Crippen LogP contribution is 2.34. The van der Waals surface area contributed by atoms with Crippen molar-refractivity contribution >= 4 is 17.3 Å². The van der Waals surface area contributed by atoms with Crippen molar-refractivity contribution in [2.45, 2.75) is 13.3 Å². The molecule has 1 amide bonds. The number of amides is 1.